The van der Waals surface area contributed by atoms with Crippen LogP contribution in [0.4, 0.5) is 5.69 Å². The Bertz CT molecular complexity index is 568. The molecule has 0 spiro atoms. The van der Waals surface area contributed by atoms with Gasteiger partial charge >= 0.3 is 0 Å². The van der Waals surface area contributed by atoms with Crippen LogP contribution in [0.1, 0.15) is 16.8 Å². The summed E-state index contributed by atoms with van der Waals surface area (Å²) in [6.07, 6.45) is 4.17. The van der Waals surface area contributed by atoms with Crippen LogP contribution in [-0.2, 0) is 6.54 Å². The smallest absolute Gasteiger partial charge is 0.255 e. The molecule has 7 heteroatoms. The minimum atomic E-state index is -0.201. The Morgan fingerprint density at radius 3 is 3.05 bits per heavy atom. The molecule has 0 unspecified atom stereocenters. The Balaban J connectivity index is 1.87. The van der Waals surface area contributed by atoms with Gasteiger partial charge < -0.3 is 15.8 Å². The van der Waals surface area contributed by atoms with Crippen molar-refractivity contribution in [2.45, 2.75) is 13.0 Å². The molecule has 1 amide bonds. The Kier molecular flexibility index (Phi) is 4.54. The van der Waals surface area contributed by atoms with Crippen LogP contribution in [0.15, 0.2) is 30.6 Å². The lowest BCUT2D eigenvalue weighted by atomic mass is 10.1. The minimum Gasteiger partial charge on any atom is -0.496 e. The number of nitrogens with zero attached hydrogens (tertiary/aromatic N) is 3. The van der Waals surface area contributed by atoms with Gasteiger partial charge in [-0.15, -0.1) is 5.10 Å². The Morgan fingerprint density at radius 1 is 1.50 bits per heavy atom. The first-order chi connectivity index (χ1) is 9.70. The highest BCUT2D eigenvalue weighted by Gasteiger charge is 2.11. The number of ether oxygens (including phenoxy) is 1. The van der Waals surface area contributed by atoms with Crippen LogP contribution in [0, 0.1) is 0 Å². The SMILES string of the molecule is COc1ccc(N)cc1C(=O)NCCCn1ccnn1. The lowest BCUT2D eigenvalue weighted by Crippen LogP contribution is -2.26. The van der Waals surface area contributed by atoms with Crippen molar-refractivity contribution in [2.24, 2.45) is 0 Å². The third kappa shape index (κ3) is 3.47. The van der Waals surface area contributed by atoms with E-state index >= 15 is 0 Å². The van der Waals surface area contributed by atoms with E-state index in [4.69, 9.17) is 10.5 Å². The van der Waals surface area contributed by atoms with Crippen LogP contribution in [0.25, 0.3) is 0 Å². The van der Waals surface area contributed by atoms with Gasteiger partial charge in [0.05, 0.1) is 18.9 Å². The zero-order valence-corrected chi connectivity index (χ0v) is 11.2. The number of amides is 1. The average Bonchev–Trinajstić information content (AvgIpc) is 2.96. The van der Waals surface area contributed by atoms with E-state index in [9.17, 15) is 4.79 Å². The van der Waals surface area contributed by atoms with Crippen molar-refractivity contribution in [1.82, 2.24) is 20.3 Å². The van der Waals surface area contributed by atoms with Gasteiger partial charge in [-0.1, -0.05) is 5.21 Å². The molecule has 0 fully saturated rings. The Labute approximate surface area is 116 Å². The van der Waals surface area contributed by atoms with E-state index in [1.807, 2.05) is 0 Å². The van der Waals surface area contributed by atoms with Crippen LogP contribution in [-0.4, -0.2) is 34.6 Å². The predicted molar refractivity (Wildman–Crippen MR) is 74.4 cm³/mol. The van der Waals surface area contributed by atoms with Gasteiger partial charge in [-0.05, 0) is 24.6 Å². The molecule has 0 atom stereocenters. The van der Waals surface area contributed by atoms with Gasteiger partial charge in [0.2, 0.25) is 0 Å². The number of aryl methyl sites for hydroxylation is 1. The molecule has 2 rings (SSSR count). The molecule has 0 bridgehead atoms. The Morgan fingerprint density at radius 2 is 2.35 bits per heavy atom. The van der Waals surface area contributed by atoms with Gasteiger partial charge in [0.25, 0.3) is 5.91 Å². The number of carbonyl (C=O) groups is 1. The fraction of sp³-hybridized carbons (Fsp3) is 0.308. The van der Waals surface area contributed by atoms with Gasteiger partial charge in [0.15, 0.2) is 0 Å². The van der Waals surface area contributed by atoms with Crippen molar-refractivity contribution in [3.8, 4) is 5.75 Å². The van der Waals surface area contributed by atoms with Gasteiger partial charge in [0, 0.05) is 25.0 Å². The average molecular weight is 275 g/mol. The van der Waals surface area contributed by atoms with Gasteiger partial charge in [-0.3, -0.25) is 9.48 Å². The quantitative estimate of drug-likeness (QED) is 0.597. The fourth-order valence-corrected chi connectivity index (χ4v) is 1.79. The number of carbonyl (C=O) groups excluding carboxylic acids is 1. The molecule has 20 heavy (non-hydrogen) atoms. The van der Waals surface area contributed by atoms with Crippen molar-refractivity contribution >= 4 is 11.6 Å². The summed E-state index contributed by atoms with van der Waals surface area (Å²) in [5.41, 5.74) is 6.65. The van der Waals surface area contributed by atoms with E-state index in [2.05, 4.69) is 15.6 Å². The monoisotopic (exact) mass is 275 g/mol. The molecule has 1 aromatic heterocycles. The molecule has 0 aliphatic heterocycles. The first kappa shape index (κ1) is 13.9. The van der Waals surface area contributed by atoms with E-state index in [0.717, 1.165) is 6.42 Å². The largest absolute Gasteiger partial charge is 0.496 e. The molecule has 1 aromatic carbocycles. The van der Waals surface area contributed by atoms with Crippen LogP contribution < -0.4 is 15.8 Å². The first-order valence-electron chi connectivity index (χ1n) is 6.26. The second-order valence-electron chi connectivity index (χ2n) is 4.24. The van der Waals surface area contributed by atoms with Crippen LogP contribution in [0.2, 0.25) is 0 Å². The van der Waals surface area contributed by atoms with Crippen LogP contribution >= 0.6 is 0 Å². The molecule has 0 aliphatic carbocycles. The van der Waals surface area contributed by atoms with E-state index in [1.165, 1.54) is 7.11 Å². The molecule has 7 nitrogen and oxygen atoms in total. The second-order valence-corrected chi connectivity index (χ2v) is 4.24. The summed E-state index contributed by atoms with van der Waals surface area (Å²) in [6, 6.07) is 4.98. The summed E-state index contributed by atoms with van der Waals surface area (Å²) < 4.78 is 6.86. The number of benzene rings is 1. The molecule has 1 heterocycles. The van der Waals surface area contributed by atoms with E-state index in [1.54, 1.807) is 35.3 Å². The fourth-order valence-electron chi connectivity index (χ4n) is 1.79. The number of nitrogens with one attached hydrogen (secondary N) is 1. The standard InChI is InChI=1S/C13H17N5O2/c1-20-12-4-3-10(14)9-11(12)13(19)15-5-2-7-18-8-6-16-17-18/h3-4,6,8-9H,2,5,7,14H2,1H3,(H,15,19). The molecule has 2 aromatic rings. The predicted octanol–water partition coefficient (Wildman–Crippen LogP) is 0.689. The Hall–Kier alpha value is -2.57. The lowest BCUT2D eigenvalue weighted by molar-refractivity contribution is 0.0949. The van der Waals surface area contributed by atoms with Crippen LogP contribution in [0.5, 0.6) is 5.75 Å². The van der Waals surface area contributed by atoms with Crippen molar-refractivity contribution in [3.05, 3.63) is 36.2 Å². The van der Waals surface area contributed by atoms with Crippen molar-refractivity contribution in [3.63, 3.8) is 0 Å². The van der Waals surface area contributed by atoms with E-state index in [0.29, 0.717) is 30.1 Å². The molecular weight excluding hydrogens is 258 g/mol. The summed E-state index contributed by atoms with van der Waals surface area (Å²) in [4.78, 5) is 12.1. The number of aromatic nitrogens is 3. The topological polar surface area (TPSA) is 95.1 Å². The van der Waals surface area contributed by atoms with Crippen molar-refractivity contribution < 1.29 is 9.53 Å². The number of nitrogens with two attached hydrogens (primary N) is 1. The van der Waals surface area contributed by atoms with Gasteiger partial charge in [-0.25, -0.2) is 0 Å². The van der Waals surface area contributed by atoms with E-state index < -0.39 is 0 Å². The highest BCUT2D eigenvalue weighted by Crippen LogP contribution is 2.20. The summed E-state index contributed by atoms with van der Waals surface area (Å²) in [7, 11) is 1.52. The third-order valence-electron chi connectivity index (χ3n) is 2.79. The summed E-state index contributed by atoms with van der Waals surface area (Å²) >= 11 is 0. The molecule has 0 saturated heterocycles. The number of rotatable bonds is 6. The zero-order chi connectivity index (χ0) is 14.4. The van der Waals surface area contributed by atoms with E-state index in [-0.39, 0.29) is 5.91 Å². The van der Waals surface area contributed by atoms with Crippen molar-refractivity contribution in [2.75, 3.05) is 19.4 Å². The maximum Gasteiger partial charge on any atom is 0.255 e. The maximum atomic E-state index is 12.1. The molecule has 0 radical (unpaired) electrons. The first-order valence-corrected chi connectivity index (χ1v) is 6.26. The molecular formula is C13H17N5O2. The molecule has 106 valence electrons. The van der Waals surface area contributed by atoms with Gasteiger partial charge in [0.1, 0.15) is 5.75 Å². The third-order valence-corrected chi connectivity index (χ3v) is 2.79. The highest BCUT2D eigenvalue weighted by molar-refractivity contribution is 5.97. The summed E-state index contributed by atoms with van der Waals surface area (Å²) in [5.74, 6) is 0.306. The number of methoxy groups -OCH3 is 1. The van der Waals surface area contributed by atoms with Gasteiger partial charge in [-0.2, -0.15) is 0 Å². The second kappa shape index (κ2) is 6.55. The maximum absolute atomic E-state index is 12.1. The lowest BCUT2D eigenvalue weighted by Gasteiger charge is -2.10. The number of hydrogen-bond donors (Lipinski definition) is 2. The summed E-state index contributed by atoms with van der Waals surface area (Å²) in [6.45, 7) is 1.24. The number of hydrogen-bond acceptors (Lipinski definition) is 5. The normalized spacial score (nSPS) is 10.2. The number of nitrogen functional groups attached to an aromatic ring is 1. The molecule has 3 N–H and O–H groups in total. The molecule has 0 saturated carbocycles. The summed E-state index contributed by atoms with van der Waals surface area (Å²) in [5, 5.41) is 10.4. The van der Waals surface area contributed by atoms with Crippen molar-refractivity contribution in [1.29, 1.82) is 0 Å². The number of anilines is 1. The highest BCUT2D eigenvalue weighted by atomic mass is 16.5. The minimum absolute atomic E-state index is 0.201. The van der Waals surface area contributed by atoms with Crippen LogP contribution in [0.3, 0.4) is 0 Å². The molecule has 0 aliphatic rings. The zero-order valence-electron chi connectivity index (χ0n) is 11.2.